The first kappa shape index (κ1) is 18.3. The molecule has 2 rings (SSSR count). The van der Waals surface area contributed by atoms with Crippen molar-refractivity contribution in [3.63, 3.8) is 0 Å². The lowest BCUT2D eigenvalue weighted by Crippen LogP contribution is -2.32. The van der Waals surface area contributed by atoms with Crippen molar-refractivity contribution in [2.45, 2.75) is 39.5 Å². The summed E-state index contributed by atoms with van der Waals surface area (Å²) in [5, 5.41) is 1.36. The largest absolute Gasteiger partial charge is 0.355 e. The van der Waals surface area contributed by atoms with Crippen LogP contribution in [0.1, 0.15) is 38.7 Å². The molecule has 1 aliphatic rings. The molecule has 126 valence electrons. The maximum Gasteiger partial charge on any atom is 0.110 e. The molecule has 0 saturated carbocycles. The Kier molecular flexibility index (Phi) is 6.94. The molecule has 0 radical (unpaired) electrons. The van der Waals surface area contributed by atoms with Crippen LogP contribution in [0.15, 0.2) is 34.5 Å². The fourth-order valence-corrected chi connectivity index (χ4v) is 3.65. The lowest BCUT2D eigenvalue weighted by atomic mass is 9.94. The second-order valence-electron chi connectivity index (χ2n) is 5.74. The zero-order chi connectivity index (χ0) is 16.8. The number of benzene rings is 1. The van der Waals surface area contributed by atoms with Crippen LogP contribution in [0.25, 0.3) is 0 Å². The van der Waals surface area contributed by atoms with Crippen molar-refractivity contribution < 1.29 is 0 Å². The summed E-state index contributed by atoms with van der Waals surface area (Å²) in [7, 11) is 0. The fraction of sp³-hybridized carbons (Fsp3) is 0.500. The lowest BCUT2D eigenvalue weighted by Gasteiger charge is -2.32. The third-order valence-corrected chi connectivity index (χ3v) is 4.55. The van der Waals surface area contributed by atoms with Gasteiger partial charge >= 0.3 is 0 Å². The number of halogens is 2. The Hall–Kier alpha value is -1.03. The zero-order valence-electron chi connectivity index (χ0n) is 13.9. The molecule has 0 fully saturated rings. The Labute approximate surface area is 149 Å². The Morgan fingerprint density at radius 2 is 1.83 bits per heavy atom. The molecule has 1 aromatic carbocycles. The van der Waals surface area contributed by atoms with Crippen LogP contribution in [0.3, 0.4) is 0 Å². The van der Waals surface area contributed by atoms with E-state index in [1.165, 1.54) is 17.0 Å². The molecule has 0 bridgehead atoms. The molecule has 5 heteroatoms. The average Bonchev–Trinajstić information content (AvgIpc) is 2.52. The second kappa shape index (κ2) is 8.72. The number of allylic oxidation sites excluding steroid dienone is 2. The van der Waals surface area contributed by atoms with Crippen LogP contribution in [-0.2, 0) is 6.42 Å². The summed E-state index contributed by atoms with van der Waals surface area (Å²) in [6.07, 6.45) is 3.73. The van der Waals surface area contributed by atoms with Gasteiger partial charge in [0.15, 0.2) is 0 Å². The predicted octanol–water partition coefficient (Wildman–Crippen LogP) is 4.67. The van der Waals surface area contributed by atoms with Crippen molar-refractivity contribution in [2.75, 3.05) is 19.8 Å². The summed E-state index contributed by atoms with van der Waals surface area (Å²) in [5.74, 6) is 0. The van der Waals surface area contributed by atoms with Crippen LogP contribution in [0, 0.1) is 0 Å². The fourth-order valence-electron chi connectivity index (χ4n) is 3.08. The molecule has 0 aliphatic carbocycles. The van der Waals surface area contributed by atoms with E-state index in [-0.39, 0.29) is 0 Å². The van der Waals surface area contributed by atoms with Crippen molar-refractivity contribution in [1.29, 1.82) is 0 Å². The number of hydrogen-bond acceptors (Lipinski definition) is 3. The van der Waals surface area contributed by atoms with E-state index < -0.39 is 0 Å². The SMILES string of the molecule is CCC1=NCN(CCCN)C(CC)=C1Cc1cc(Cl)cc(Cl)c1. The van der Waals surface area contributed by atoms with Crippen molar-refractivity contribution in [2.24, 2.45) is 10.7 Å². The summed E-state index contributed by atoms with van der Waals surface area (Å²) in [4.78, 5) is 7.14. The van der Waals surface area contributed by atoms with Gasteiger partial charge in [0.2, 0.25) is 0 Å². The molecule has 1 heterocycles. The van der Waals surface area contributed by atoms with Crippen LogP contribution >= 0.6 is 23.2 Å². The van der Waals surface area contributed by atoms with Crippen molar-refractivity contribution in [1.82, 2.24) is 4.90 Å². The van der Waals surface area contributed by atoms with E-state index in [0.717, 1.165) is 44.5 Å². The average molecular weight is 354 g/mol. The number of nitrogens with zero attached hydrogens (tertiary/aromatic N) is 2. The molecule has 1 aromatic rings. The monoisotopic (exact) mass is 353 g/mol. The van der Waals surface area contributed by atoms with Crippen molar-refractivity contribution in [3.05, 3.63) is 45.1 Å². The van der Waals surface area contributed by atoms with Crippen molar-refractivity contribution in [3.8, 4) is 0 Å². The third kappa shape index (κ3) is 4.72. The van der Waals surface area contributed by atoms with E-state index in [1.54, 1.807) is 6.07 Å². The zero-order valence-corrected chi connectivity index (χ0v) is 15.4. The number of rotatable bonds is 7. The standard InChI is InChI=1S/C18H25Cl2N3/c1-3-17-16(10-13-8-14(19)11-15(20)9-13)18(4-2)23(12-22-17)7-5-6-21/h8-9,11H,3-7,10,12,21H2,1-2H3. The van der Waals surface area contributed by atoms with Crippen LogP contribution in [0.4, 0.5) is 0 Å². The van der Waals surface area contributed by atoms with E-state index in [0.29, 0.717) is 16.6 Å². The highest BCUT2D eigenvalue weighted by molar-refractivity contribution is 6.34. The maximum absolute atomic E-state index is 6.15. The van der Waals surface area contributed by atoms with Gasteiger partial charge in [-0.15, -0.1) is 0 Å². The van der Waals surface area contributed by atoms with Gasteiger partial charge in [0, 0.05) is 34.4 Å². The number of hydrogen-bond donors (Lipinski definition) is 1. The maximum atomic E-state index is 6.15. The predicted molar refractivity (Wildman–Crippen MR) is 100 cm³/mol. The van der Waals surface area contributed by atoms with Crippen LogP contribution in [-0.4, -0.2) is 30.4 Å². The van der Waals surface area contributed by atoms with E-state index in [4.69, 9.17) is 33.9 Å². The Morgan fingerprint density at radius 3 is 2.39 bits per heavy atom. The molecule has 23 heavy (non-hydrogen) atoms. The summed E-state index contributed by atoms with van der Waals surface area (Å²) >= 11 is 12.3. The highest BCUT2D eigenvalue weighted by atomic mass is 35.5. The first-order valence-electron chi connectivity index (χ1n) is 8.24. The van der Waals surface area contributed by atoms with Crippen molar-refractivity contribution >= 4 is 28.9 Å². The van der Waals surface area contributed by atoms with Gasteiger partial charge in [-0.1, -0.05) is 37.0 Å². The minimum absolute atomic E-state index is 0.678. The highest BCUT2D eigenvalue weighted by Crippen LogP contribution is 2.27. The van der Waals surface area contributed by atoms with Crippen LogP contribution in [0.5, 0.6) is 0 Å². The van der Waals surface area contributed by atoms with E-state index in [9.17, 15) is 0 Å². The highest BCUT2D eigenvalue weighted by Gasteiger charge is 2.21. The quantitative estimate of drug-likeness (QED) is 0.773. The molecule has 0 aromatic heterocycles. The molecular formula is C18H25Cl2N3. The molecule has 0 spiro atoms. The third-order valence-electron chi connectivity index (χ3n) is 4.12. The van der Waals surface area contributed by atoms with Gasteiger partial charge in [0.1, 0.15) is 6.67 Å². The minimum Gasteiger partial charge on any atom is -0.355 e. The Balaban J connectivity index is 2.34. The number of aliphatic imine (C=N–C) groups is 1. The molecule has 0 amide bonds. The van der Waals surface area contributed by atoms with Gasteiger partial charge < -0.3 is 10.6 Å². The summed E-state index contributed by atoms with van der Waals surface area (Å²) < 4.78 is 0. The smallest absolute Gasteiger partial charge is 0.110 e. The van der Waals surface area contributed by atoms with Gasteiger partial charge in [-0.05, 0) is 55.1 Å². The van der Waals surface area contributed by atoms with Crippen LogP contribution < -0.4 is 5.73 Å². The van der Waals surface area contributed by atoms with Gasteiger partial charge in [-0.3, -0.25) is 4.99 Å². The van der Waals surface area contributed by atoms with Crippen LogP contribution in [0.2, 0.25) is 10.0 Å². The topological polar surface area (TPSA) is 41.6 Å². The Bertz CT molecular complexity index is 588. The molecule has 3 nitrogen and oxygen atoms in total. The Morgan fingerprint density at radius 1 is 1.13 bits per heavy atom. The van der Waals surface area contributed by atoms with Gasteiger partial charge in [-0.2, -0.15) is 0 Å². The number of nitrogens with two attached hydrogens (primary N) is 1. The summed E-state index contributed by atoms with van der Waals surface area (Å²) in [5.41, 5.74) is 10.7. The van der Waals surface area contributed by atoms with Gasteiger partial charge in [0.05, 0.1) is 0 Å². The molecule has 0 atom stereocenters. The molecule has 1 aliphatic heterocycles. The van der Waals surface area contributed by atoms with E-state index >= 15 is 0 Å². The van der Waals surface area contributed by atoms with E-state index in [1.807, 2.05) is 12.1 Å². The summed E-state index contributed by atoms with van der Waals surface area (Å²) in [6, 6.07) is 5.74. The van der Waals surface area contributed by atoms with Gasteiger partial charge in [0.25, 0.3) is 0 Å². The molecule has 0 saturated heterocycles. The normalized spacial score (nSPS) is 15.2. The molecule has 0 unspecified atom stereocenters. The van der Waals surface area contributed by atoms with E-state index in [2.05, 4.69) is 18.7 Å². The first-order chi connectivity index (χ1) is 11.1. The minimum atomic E-state index is 0.678. The molecular weight excluding hydrogens is 329 g/mol. The molecule has 2 N–H and O–H groups in total. The second-order valence-corrected chi connectivity index (χ2v) is 6.61. The first-order valence-corrected chi connectivity index (χ1v) is 9.00. The summed E-state index contributed by atoms with van der Waals surface area (Å²) in [6.45, 7) is 6.77. The van der Waals surface area contributed by atoms with Gasteiger partial charge in [-0.25, -0.2) is 0 Å². The lowest BCUT2D eigenvalue weighted by molar-refractivity contribution is 0.334.